The van der Waals surface area contributed by atoms with Gasteiger partial charge >= 0.3 is 5.97 Å². The molecule has 0 saturated carbocycles. The van der Waals surface area contributed by atoms with Gasteiger partial charge in [-0.15, -0.1) is 0 Å². The number of sulfone groups is 1. The molecule has 21 heavy (non-hydrogen) atoms. The molecule has 7 heteroatoms. The zero-order chi connectivity index (χ0) is 16.3. The summed E-state index contributed by atoms with van der Waals surface area (Å²) in [5.74, 6) is -0.438. The second-order valence-corrected chi connectivity index (χ2v) is 8.06. The highest BCUT2D eigenvalue weighted by Gasteiger charge is 2.30. The molecule has 0 fully saturated rings. The molecule has 0 unspecified atom stereocenters. The van der Waals surface area contributed by atoms with Crippen LogP contribution in [0.4, 0.5) is 11.4 Å². The van der Waals surface area contributed by atoms with E-state index < -0.39 is 20.6 Å². The Morgan fingerprint density at radius 3 is 2.48 bits per heavy atom. The van der Waals surface area contributed by atoms with Crippen LogP contribution in [0, 0.1) is 0 Å². The van der Waals surface area contributed by atoms with E-state index in [-0.39, 0.29) is 6.54 Å². The van der Waals surface area contributed by atoms with Gasteiger partial charge in [0.15, 0.2) is 9.84 Å². The van der Waals surface area contributed by atoms with Gasteiger partial charge in [-0.2, -0.15) is 0 Å². The van der Waals surface area contributed by atoms with Gasteiger partial charge in [0.05, 0.1) is 28.3 Å². The van der Waals surface area contributed by atoms with Gasteiger partial charge in [-0.25, -0.2) is 13.2 Å². The van der Waals surface area contributed by atoms with Crippen LogP contribution in [0.2, 0.25) is 0 Å². The lowest BCUT2D eigenvalue weighted by Gasteiger charge is -2.24. The summed E-state index contributed by atoms with van der Waals surface area (Å²) >= 11 is 0. The third kappa shape index (κ3) is 4.35. The van der Waals surface area contributed by atoms with Gasteiger partial charge in [0.2, 0.25) is 0 Å². The van der Waals surface area contributed by atoms with E-state index >= 15 is 0 Å². The first-order valence-corrected chi connectivity index (χ1v) is 8.47. The maximum Gasteiger partial charge on any atom is 0.338 e. The first-order valence-electron chi connectivity index (χ1n) is 6.58. The molecule has 0 saturated heterocycles. The number of nitrogens with one attached hydrogen (secondary N) is 1. The molecule has 0 aliphatic heterocycles. The van der Waals surface area contributed by atoms with Crippen LogP contribution < -0.4 is 11.1 Å². The molecular weight excluding hydrogens is 292 g/mol. The second-order valence-electron chi connectivity index (χ2n) is 5.41. The number of carbonyl (C=O) groups excluding carboxylic acids is 1. The molecule has 1 rings (SSSR count). The van der Waals surface area contributed by atoms with Crippen molar-refractivity contribution in [3.05, 3.63) is 23.8 Å². The second kappa shape index (κ2) is 6.34. The number of nitrogen functional groups attached to an aromatic ring is 1. The summed E-state index contributed by atoms with van der Waals surface area (Å²) in [7, 11) is -3.19. The summed E-state index contributed by atoms with van der Waals surface area (Å²) in [6.45, 7) is 5.51. The predicted octanol–water partition coefficient (Wildman–Crippen LogP) is 1.68. The van der Waals surface area contributed by atoms with Crippen LogP contribution >= 0.6 is 0 Å². The highest BCUT2D eigenvalue weighted by atomic mass is 32.2. The number of ether oxygens (including phenoxy) is 1. The normalized spacial score (nSPS) is 12.0. The molecule has 0 bridgehead atoms. The van der Waals surface area contributed by atoms with Gasteiger partial charge in [-0.3, -0.25) is 0 Å². The fraction of sp³-hybridized carbons (Fsp3) is 0.500. The summed E-state index contributed by atoms with van der Waals surface area (Å²) in [5, 5.41) is 3.00. The molecule has 118 valence electrons. The minimum atomic E-state index is -3.19. The maximum absolute atomic E-state index is 11.6. The van der Waals surface area contributed by atoms with E-state index in [1.807, 2.05) is 0 Å². The van der Waals surface area contributed by atoms with Crippen molar-refractivity contribution < 1.29 is 17.9 Å². The fourth-order valence-corrected chi connectivity index (χ4v) is 1.84. The number of anilines is 2. The monoisotopic (exact) mass is 314 g/mol. The van der Waals surface area contributed by atoms with Crippen molar-refractivity contribution in [3.63, 3.8) is 0 Å². The van der Waals surface area contributed by atoms with Crippen molar-refractivity contribution in [2.45, 2.75) is 25.5 Å². The molecule has 0 spiro atoms. The lowest BCUT2D eigenvalue weighted by molar-refractivity contribution is 0.0526. The van der Waals surface area contributed by atoms with Gasteiger partial charge in [-0.1, -0.05) is 0 Å². The molecule has 0 heterocycles. The minimum Gasteiger partial charge on any atom is -0.462 e. The molecule has 6 nitrogen and oxygen atoms in total. The lowest BCUT2D eigenvalue weighted by atomic mass is 10.1. The first-order chi connectivity index (χ1) is 9.58. The van der Waals surface area contributed by atoms with Crippen molar-refractivity contribution >= 4 is 27.2 Å². The quantitative estimate of drug-likeness (QED) is 0.612. The van der Waals surface area contributed by atoms with Crippen molar-refractivity contribution in [2.24, 2.45) is 0 Å². The smallest absolute Gasteiger partial charge is 0.338 e. The summed E-state index contributed by atoms with van der Waals surface area (Å²) < 4.78 is 27.3. The van der Waals surface area contributed by atoms with Gasteiger partial charge in [-0.05, 0) is 39.0 Å². The van der Waals surface area contributed by atoms with E-state index in [4.69, 9.17) is 10.5 Å². The van der Waals surface area contributed by atoms with Crippen LogP contribution in [0.5, 0.6) is 0 Å². The topological polar surface area (TPSA) is 98.5 Å². The molecule has 0 amide bonds. The van der Waals surface area contributed by atoms with Gasteiger partial charge in [0.25, 0.3) is 0 Å². The van der Waals surface area contributed by atoms with Crippen LogP contribution in [-0.4, -0.2) is 38.5 Å². The molecule has 0 aromatic heterocycles. The number of nitrogens with two attached hydrogens (primary N) is 1. The van der Waals surface area contributed by atoms with Crippen molar-refractivity contribution in [2.75, 3.05) is 30.5 Å². The van der Waals surface area contributed by atoms with E-state index in [2.05, 4.69) is 5.32 Å². The number of rotatable bonds is 6. The first kappa shape index (κ1) is 17.3. The average molecular weight is 314 g/mol. The molecular formula is C14H22N2O4S. The highest BCUT2D eigenvalue weighted by Crippen LogP contribution is 2.23. The molecule has 1 aromatic carbocycles. The Labute approximate surface area is 125 Å². The van der Waals surface area contributed by atoms with Crippen molar-refractivity contribution in [1.29, 1.82) is 0 Å². The highest BCUT2D eigenvalue weighted by molar-refractivity contribution is 7.92. The van der Waals surface area contributed by atoms with Gasteiger partial charge in [0, 0.05) is 12.8 Å². The molecule has 1 aromatic rings. The Kier molecular flexibility index (Phi) is 5.22. The summed E-state index contributed by atoms with van der Waals surface area (Å²) in [5.41, 5.74) is 7.19. The fourth-order valence-electron chi connectivity index (χ4n) is 1.50. The SMILES string of the molecule is CCOC(=O)c1ccc(NCC(C)(C)S(C)(=O)=O)c(N)c1. The van der Waals surface area contributed by atoms with Crippen LogP contribution in [-0.2, 0) is 14.6 Å². The van der Waals surface area contributed by atoms with Gasteiger partial charge in [0.1, 0.15) is 0 Å². The standard InChI is InChI=1S/C14H22N2O4S/c1-5-20-13(17)10-6-7-12(11(15)8-10)16-9-14(2,3)21(4,18)19/h6-8,16H,5,9,15H2,1-4H3. The van der Waals surface area contributed by atoms with E-state index in [1.165, 1.54) is 12.3 Å². The summed E-state index contributed by atoms with van der Waals surface area (Å²) in [6.07, 6.45) is 1.20. The van der Waals surface area contributed by atoms with E-state index in [0.29, 0.717) is 23.5 Å². The Balaban J connectivity index is 2.85. The molecule has 0 aliphatic carbocycles. The number of benzene rings is 1. The van der Waals surface area contributed by atoms with E-state index in [9.17, 15) is 13.2 Å². The Morgan fingerprint density at radius 2 is 2.00 bits per heavy atom. The Hall–Kier alpha value is -1.76. The minimum absolute atomic E-state index is 0.217. The third-order valence-corrected chi connectivity index (χ3v) is 5.42. The molecule has 0 atom stereocenters. The number of hydrogen-bond acceptors (Lipinski definition) is 6. The molecule has 0 radical (unpaired) electrons. The largest absolute Gasteiger partial charge is 0.462 e. The maximum atomic E-state index is 11.6. The van der Waals surface area contributed by atoms with Crippen molar-refractivity contribution in [1.82, 2.24) is 0 Å². The number of hydrogen-bond donors (Lipinski definition) is 2. The molecule has 3 N–H and O–H groups in total. The summed E-state index contributed by atoms with van der Waals surface area (Å²) in [4.78, 5) is 11.6. The average Bonchev–Trinajstić information content (AvgIpc) is 2.36. The predicted molar refractivity (Wildman–Crippen MR) is 84.2 cm³/mol. The number of carbonyl (C=O) groups is 1. The van der Waals surface area contributed by atoms with Gasteiger partial charge < -0.3 is 15.8 Å². The van der Waals surface area contributed by atoms with Crippen LogP contribution in [0.15, 0.2) is 18.2 Å². The van der Waals surface area contributed by atoms with Crippen LogP contribution in [0.3, 0.4) is 0 Å². The summed E-state index contributed by atoms with van der Waals surface area (Å²) in [6, 6.07) is 4.73. The Bertz CT molecular complexity index is 624. The van der Waals surface area contributed by atoms with E-state index in [0.717, 1.165) is 0 Å². The number of esters is 1. The van der Waals surface area contributed by atoms with Crippen LogP contribution in [0.25, 0.3) is 0 Å². The zero-order valence-corrected chi connectivity index (χ0v) is 13.6. The third-order valence-electron chi connectivity index (χ3n) is 3.27. The Morgan fingerprint density at radius 1 is 1.38 bits per heavy atom. The van der Waals surface area contributed by atoms with E-state index in [1.54, 1.807) is 32.9 Å². The van der Waals surface area contributed by atoms with Crippen LogP contribution in [0.1, 0.15) is 31.1 Å². The molecule has 0 aliphatic rings. The van der Waals surface area contributed by atoms with Crippen molar-refractivity contribution in [3.8, 4) is 0 Å². The zero-order valence-electron chi connectivity index (χ0n) is 12.8. The lowest BCUT2D eigenvalue weighted by Crippen LogP contribution is -2.38.